The second-order valence-corrected chi connectivity index (χ2v) is 21.7. The van der Waals surface area contributed by atoms with Crippen molar-refractivity contribution in [2.45, 2.75) is 167 Å². The molecule has 4 aliphatic heterocycles. The number of nitrogens with zero attached hydrogens (tertiary/aromatic N) is 2. The van der Waals surface area contributed by atoms with E-state index in [0.717, 1.165) is 5.57 Å². The zero-order chi connectivity index (χ0) is 54.4. The van der Waals surface area contributed by atoms with Crippen LogP contribution in [-0.2, 0) is 57.2 Å². The number of carbonyl (C=O) groups excluding carboxylic acids is 6. The number of aliphatic hydroxyl groups is 4. The predicted octanol–water partition coefficient (Wildman–Crippen LogP) is 4.24. The van der Waals surface area contributed by atoms with Gasteiger partial charge in [0, 0.05) is 77.5 Å². The standard InChI is InChI=1S/C56H86N2O16/c1-33-14-11-10-12-15-34(2)45(69-7)30-40-19-17-38(6)56(68,74-40)53(65)54(66)58-21-13-16-41-42(28-39-18-20-44(47(29-39)70-8)72-48(62)32-57(22-24-59)23-25-60)46(73-55(67)49(41)58)31-43(61)35(3)27-37(5)51(64)52(71-9)50(63)36(4)26-33/h10-12,14-15,27,33,35-36,38-42,44-47,49,51-52,59-60,64,68H,13,16-26,28-32H2,1-9H3/b12-10+,14-11+,34-15?,37-27+/t33-,35-,36-,38-,39+,40+,41?,42+,44-,45+,46+,47-,49+,51-,52+,56-/m1/s1. The fraction of sp³-hybridized carbons (Fsp3) is 0.750. The molecule has 416 valence electrons. The summed E-state index contributed by atoms with van der Waals surface area (Å²) in [5, 5.41) is 42.5. The SMILES string of the molecule is CO[C@H]1C[C@@H]2CC[C@@H](C)[C@@](O)(O2)C(=O)C(=O)N2CCCC3[C@H]2C(=O)O[C@@H](CC(=O)[C@H](C)/C=C(\C)[C@@H](O)[C@@H](OC)C(=O)[C@H](C)C[C@H](C)/C=C/C=C/C=C1C)[C@H]3C[C@@H]1CC[C@@H](OC(=O)CN(CCO)CCO)[C@H](OC)C1. The first kappa shape index (κ1) is 60.9. The van der Waals surface area contributed by atoms with E-state index in [1.165, 1.54) is 19.1 Å². The molecule has 6 bridgehead atoms. The number of fused-ring (bicyclic) bond motifs is 3. The molecule has 1 saturated carbocycles. The minimum atomic E-state index is -2.48. The molecule has 0 aromatic carbocycles. The van der Waals surface area contributed by atoms with Gasteiger partial charge in [0.15, 0.2) is 5.78 Å². The van der Waals surface area contributed by atoms with E-state index in [4.69, 9.17) is 28.4 Å². The molecule has 18 heteroatoms. The molecule has 0 aromatic rings. The van der Waals surface area contributed by atoms with Crippen LogP contribution in [0.4, 0.5) is 0 Å². The van der Waals surface area contributed by atoms with Crippen LogP contribution in [0.15, 0.2) is 47.6 Å². The van der Waals surface area contributed by atoms with Crippen LogP contribution in [0.1, 0.15) is 112 Å². The molecule has 4 N–H and O–H groups in total. The summed E-state index contributed by atoms with van der Waals surface area (Å²) >= 11 is 0. The number of methoxy groups -OCH3 is 3. The largest absolute Gasteiger partial charge is 0.460 e. The lowest BCUT2D eigenvalue weighted by atomic mass is 9.68. The zero-order valence-electron chi connectivity index (χ0n) is 45.2. The van der Waals surface area contributed by atoms with Crippen molar-refractivity contribution >= 4 is 35.2 Å². The number of allylic oxidation sites excluding steroid dienone is 6. The van der Waals surface area contributed by atoms with Gasteiger partial charge in [-0.2, -0.15) is 0 Å². The highest BCUT2D eigenvalue weighted by Crippen LogP contribution is 2.45. The summed E-state index contributed by atoms with van der Waals surface area (Å²) in [6.07, 6.45) is 9.77. The molecule has 5 aliphatic rings. The Morgan fingerprint density at radius 1 is 0.851 bits per heavy atom. The number of rotatable bonds is 12. The maximum atomic E-state index is 14.6. The normalized spacial score (nSPS) is 38.2. The Labute approximate surface area is 437 Å². The third kappa shape index (κ3) is 15.4. The van der Waals surface area contributed by atoms with Gasteiger partial charge in [0.25, 0.3) is 11.7 Å². The van der Waals surface area contributed by atoms with Gasteiger partial charge in [0.05, 0.1) is 38.1 Å². The summed E-state index contributed by atoms with van der Waals surface area (Å²) in [5.74, 6) is -9.62. The van der Waals surface area contributed by atoms with Crippen molar-refractivity contribution < 1.29 is 77.6 Å². The summed E-state index contributed by atoms with van der Waals surface area (Å²) in [7, 11) is 4.47. The highest BCUT2D eigenvalue weighted by Gasteiger charge is 2.57. The molecule has 16 atom stereocenters. The number of aliphatic hydroxyl groups excluding tert-OH is 3. The molecule has 3 saturated heterocycles. The summed E-state index contributed by atoms with van der Waals surface area (Å²) in [6, 6.07) is -1.20. The molecular formula is C56H86N2O16. The van der Waals surface area contributed by atoms with Crippen LogP contribution in [0, 0.1) is 41.4 Å². The zero-order valence-corrected chi connectivity index (χ0v) is 45.2. The summed E-state index contributed by atoms with van der Waals surface area (Å²) < 4.78 is 35.7. The Morgan fingerprint density at radius 3 is 2.23 bits per heavy atom. The van der Waals surface area contributed by atoms with E-state index >= 15 is 0 Å². The Bertz CT molecular complexity index is 2050. The van der Waals surface area contributed by atoms with E-state index < -0.39 is 108 Å². The number of hydrogen-bond acceptors (Lipinski definition) is 17. The van der Waals surface area contributed by atoms with Gasteiger partial charge >= 0.3 is 11.9 Å². The van der Waals surface area contributed by atoms with Gasteiger partial charge < -0.3 is 53.7 Å². The Kier molecular flexibility index (Phi) is 23.4. The number of ketones is 3. The third-order valence-corrected chi connectivity index (χ3v) is 16.4. The molecule has 1 unspecified atom stereocenters. The number of hydrogen-bond donors (Lipinski definition) is 4. The monoisotopic (exact) mass is 1040 g/mol. The summed E-state index contributed by atoms with van der Waals surface area (Å²) in [6.45, 7) is 10.6. The van der Waals surface area contributed by atoms with Gasteiger partial charge in [0.2, 0.25) is 5.79 Å². The van der Waals surface area contributed by atoms with Crippen molar-refractivity contribution in [1.29, 1.82) is 0 Å². The molecule has 0 spiro atoms. The van der Waals surface area contributed by atoms with Crippen LogP contribution >= 0.6 is 0 Å². The topological polar surface area (TPSA) is 245 Å². The molecule has 4 fully saturated rings. The van der Waals surface area contributed by atoms with E-state index in [-0.39, 0.29) is 75.6 Å². The molecule has 0 radical (unpaired) electrons. The highest BCUT2D eigenvalue weighted by molar-refractivity contribution is 6.39. The molecule has 18 nitrogen and oxygen atoms in total. The molecule has 4 heterocycles. The van der Waals surface area contributed by atoms with Crippen molar-refractivity contribution in [2.75, 3.05) is 60.7 Å². The molecule has 1 aliphatic carbocycles. The number of piperidine rings is 1. The number of ether oxygens (including phenoxy) is 6. The van der Waals surface area contributed by atoms with Crippen molar-refractivity contribution in [2.24, 2.45) is 41.4 Å². The van der Waals surface area contributed by atoms with Gasteiger partial charge in [-0.15, -0.1) is 0 Å². The second kappa shape index (κ2) is 28.4. The lowest BCUT2D eigenvalue weighted by Gasteiger charge is -2.50. The minimum Gasteiger partial charge on any atom is -0.460 e. The number of esters is 2. The lowest BCUT2D eigenvalue weighted by Crippen LogP contribution is -2.65. The minimum absolute atomic E-state index is 0.00153. The van der Waals surface area contributed by atoms with Crippen molar-refractivity contribution in [3.05, 3.63) is 47.6 Å². The van der Waals surface area contributed by atoms with E-state index in [2.05, 4.69) is 0 Å². The van der Waals surface area contributed by atoms with E-state index in [9.17, 15) is 49.2 Å². The van der Waals surface area contributed by atoms with Gasteiger partial charge in [-0.1, -0.05) is 64.2 Å². The van der Waals surface area contributed by atoms with Crippen LogP contribution in [0.2, 0.25) is 0 Å². The van der Waals surface area contributed by atoms with Gasteiger partial charge in [-0.3, -0.25) is 28.9 Å². The molecule has 1 amide bonds. The predicted molar refractivity (Wildman–Crippen MR) is 273 cm³/mol. The van der Waals surface area contributed by atoms with E-state index in [1.807, 2.05) is 44.2 Å². The Balaban J connectivity index is 1.48. The van der Waals surface area contributed by atoms with Gasteiger partial charge in [0.1, 0.15) is 36.2 Å². The van der Waals surface area contributed by atoms with Crippen LogP contribution in [0.25, 0.3) is 0 Å². The molecular weight excluding hydrogens is 957 g/mol. The Morgan fingerprint density at radius 2 is 1.57 bits per heavy atom. The van der Waals surface area contributed by atoms with Crippen LogP contribution in [0.5, 0.6) is 0 Å². The quantitative estimate of drug-likeness (QED) is 0.121. The van der Waals surface area contributed by atoms with Crippen molar-refractivity contribution in [3.63, 3.8) is 0 Å². The van der Waals surface area contributed by atoms with E-state index in [0.29, 0.717) is 63.4 Å². The van der Waals surface area contributed by atoms with E-state index in [1.54, 1.807) is 45.8 Å². The number of Topliss-reactive ketones (excluding diaryl/α,β-unsaturated/α-hetero) is 3. The van der Waals surface area contributed by atoms with Crippen LogP contribution in [0.3, 0.4) is 0 Å². The smallest absolute Gasteiger partial charge is 0.329 e. The maximum absolute atomic E-state index is 14.6. The summed E-state index contributed by atoms with van der Waals surface area (Å²) in [4.78, 5) is 87.6. The first-order valence-electron chi connectivity index (χ1n) is 26.8. The summed E-state index contributed by atoms with van der Waals surface area (Å²) in [5.41, 5.74) is 1.23. The maximum Gasteiger partial charge on any atom is 0.329 e. The highest BCUT2D eigenvalue weighted by atomic mass is 16.6. The second-order valence-electron chi connectivity index (χ2n) is 21.7. The first-order valence-corrected chi connectivity index (χ1v) is 26.8. The van der Waals surface area contributed by atoms with Crippen LogP contribution in [-0.4, -0.2) is 181 Å². The fourth-order valence-electron chi connectivity index (χ4n) is 12.0. The van der Waals surface area contributed by atoms with Crippen molar-refractivity contribution in [3.8, 4) is 0 Å². The number of amides is 1. The van der Waals surface area contributed by atoms with Crippen LogP contribution < -0.4 is 0 Å². The number of carbonyl (C=O) groups is 6. The fourth-order valence-corrected chi connectivity index (χ4v) is 12.0. The molecule has 5 rings (SSSR count). The molecule has 74 heavy (non-hydrogen) atoms. The van der Waals surface area contributed by atoms with Gasteiger partial charge in [-0.05, 0) is 101 Å². The van der Waals surface area contributed by atoms with Gasteiger partial charge in [-0.25, -0.2) is 4.79 Å². The third-order valence-electron chi connectivity index (χ3n) is 16.4. The Hall–Kier alpha value is -3.98. The lowest BCUT2D eigenvalue weighted by molar-refractivity contribution is -0.266. The average molecular weight is 1040 g/mol. The molecule has 0 aromatic heterocycles. The van der Waals surface area contributed by atoms with Crippen molar-refractivity contribution in [1.82, 2.24) is 9.80 Å². The average Bonchev–Trinajstić information content (AvgIpc) is 3.37. The first-order chi connectivity index (χ1) is 35.2.